The predicted octanol–water partition coefficient (Wildman–Crippen LogP) is 3.29. The van der Waals surface area contributed by atoms with Gasteiger partial charge >= 0.3 is 27.2 Å². The van der Waals surface area contributed by atoms with Crippen molar-refractivity contribution < 1.29 is 43.7 Å². The molecular weight excluding hydrogens is 361 g/mol. The fraction of sp³-hybridized carbons (Fsp3) is 0.700. The number of aromatic amines is 1. The molecule has 1 heterocycles. The van der Waals surface area contributed by atoms with Crippen LogP contribution in [0.4, 0.5) is 30.7 Å². The fourth-order valence-electron chi connectivity index (χ4n) is 1.31. The lowest BCUT2D eigenvalue weighted by Gasteiger charge is -2.38. The molecule has 0 aliphatic heterocycles. The Hall–Kier alpha value is -1.37. The Morgan fingerprint density at radius 2 is 1.61 bits per heavy atom. The highest BCUT2D eigenvalue weighted by Gasteiger charge is 2.79. The maximum absolute atomic E-state index is 13.5. The van der Waals surface area contributed by atoms with Crippen LogP contribution in [0.5, 0.6) is 0 Å². The van der Waals surface area contributed by atoms with Crippen molar-refractivity contribution in [1.29, 1.82) is 0 Å². The Labute approximate surface area is 126 Å². The van der Waals surface area contributed by atoms with E-state index in [1.54, 1.807) is 18.7 Å². The van der Waals surface area contributed by atoms with Crippen LogP contribution < -0.4 is 0 Å². The van der Waals surface area contributed by atoms with E-state index in [9.17, 15) is 39.2 Å². The zero-order valence-electron chi connectivity index (χ0n) is 11.7. The molecule has 0 amide bonds. The van der Waals surface area contributed by atoms with Gasteiger partial charge in [0, 0.05) is 18.8 Å². The second kappa shape index (κ2) is 6.63. The van der Waals surface area contributed by atoms with Crippen LogP contribution in [0.15, 0.2) is 18.7 Å². The molecule has 0 aliphatic carbocycles. The van der Waals surface area contributed by atoms with E-state index in [0.717, 1.165) is 0 Å². The van der Waals surface area contributed by atoms with E-state index in [-0.39, 0.29) is 0 Å². The Morgan fingerprint density at radius 1 is 1.13 bits per heavy atom. The summed E-state index contributed by atoms with van der Waals surface area (Å²) in [5.41, 5.74) is -5.47. The van der Waals surface area contributed by atoms with Gasteiger partial charge in [-0.25, -0.2) is 13.8 Å². The molecule has 1 rings (SSSR count). The first-order valence-electron chi connectivity index (χ1n) is 5.78. The van der Waals surface area contributed by atoms with Gasteiger partial charge in [0.15, 0.2) is 0 Å². The Morgan fingerprint density at radius 3 is 1.78 bits per heavy atom. The minimum atomic E-state index is -6.27. The number of H-pyrrole nitrogens is 1. The molecule has 0 radical (unpaired) electrons. The van der Waals surface area contributed by atoms with Gasteiger partial charge in [0.1, 0.15) is 0 Å². The maximum Gasteiger partial charge on any atom is 0.428 e. The van der Waals surface area contributed by atoms with Gasteiger partial charge in [-0.15, -0.1) is 0 Å². The van der Waals surface area contributed by atoms with Crippen LogP contribution in [-0.2, 0) is 10.1 Å². The van der Waals surface area contributed by atoms with Gasteiger partial charge in [0.2, 0.25) is 0 Å². The first kappa shape index (κ1) is 21.6. The molecule has 0 saturated carbocycles. The minimum absolute atomic E-state index is 0.425. The van der Waals surface area contributed by atoms with Crippen molar-refractivity contribution in [3.63, 3.8) is 0 Å². The maximum atomic E-state index is 13.5. The van der Waals surface area contributed by atoms with Crippen molar-refractivity contribution in [2.75, 3.05) is 0 Å². The molecule has 23 heavy (non-hydrogen) atoms. The Balaban J connectivity index is 0.000000809. The van der Waals surface area contributed by atoms with E-state index in [0.29, 0.717) is 6.92 Å². The molecule has 0 fully saturated rings. The van der Waals surface area contributed by atoms with Crippen LogP contribution in [0.25, 0.3) is 0 Å². The summed E-state index contributed by atoms with van der Waals surface area (Å²) in [7, 11) is -6.27. The number of hydrogen-bond donors (Lipinski definition) is 2. The SMILES string of the molecule is CCC(F)(C(F)(F)C(C)(F)C(F)(F)F)S(=O)(=O)O.c1c[nH]cn1. The lowest BCUT2D eigenvalue weighted by molar-refractivity contribution is -0.315. The topological polar surface area (TPSA) is 83.0 Å². The molecular formula is C10H13F7N2O3S. The first-order valence-corrected chi connectivity index (χ1v) is 7.22. The minimum Gasteiger partial charge on any atom is -0.351 e. The monoisotopic (exact) mass is 374 g/mol. The predicted molar refractivity (Wildman–Crippen MR) is 64.8 cm³/mol. The molecule has 2 unspecified atom stereocenters. The average Bonchev–Trinajstić information content (AvgIpc) is 2.93. The normalized spacial score (nSPS) is 18.3. The highest BCUT2D eigenvalue weighted by molar-refractivity contribution is 7.87. The summed E-state index contributed by atoms with van der Waals surface area (Å²) < 4.78 is 119. The van der Waals surface area contributed by atoms with Gasteiger partial charge in [-0.05, 0) is 6.92 Å². The van der Waals surface area contributed by atoms with Crippen molar-refractivity contribution in [2.24, 2.45) is 0 Å². The smallest absolute Gasteiger partial charge is 0.351 e. The zero-order chi connectivity index (χ0) is 18.7. The Bertz CT molecular complexity index is 569. The van der Waals surface area contributed by atoms with Gasteiger partial charge in [-0.1, -0.05) is 6.92 Å². The molecule has 0 aromatic carbocycles. The Kier molecular flexibility index (Phi) is 6.23. The van der Waals surface area contributed by atoms with Crippen molar-refractivity contribution in [3.8, 4) is 0 Å². The van der Waals surface area contributed by atoms with Gasteiger partial charge < -0.3 is 4.98 Å². The number of alkyl halides is 7. The third kappa shape index (κ3) is 3.94. The highest BCUT2D eigenvalue weighted by atomic mass is 32.2. The summed E-state index contributed by atoms with van der Waals surface area (Å²) in [5.74, 6) is -6.03. The summed E-state index contributed by atoms with van der Waals surface area (Å²) in [6, 6.07) is 0. The van der Waals surface area contributed by atoms with Crippen molar-refractivity contribution in [3.05, 3.63) is 18.7 Å². The molecule has 0 saturated heterocycles. The molecule has 136 valence electrons. The number of imidazole rings is 1. The number of halogens is 7. The van der Waals surface area contributed by atoms with Crippen LogP contribution >= 0.6 is 0 Å². The molecule has 1 aromatic heterocycles. The molecule has 2 N–H and O–H groups in total. The highest BCUT2D eigenvalue weighted by Crippen LogP contribution is 2.53. The number of nitrogens with zero attached hydrogens (tertiary/aromatic N) is 1. The number of aromatic nitrogens is 2. The van der Waals surface area contributed by atoms with Crippen molar-refractivity contribution in [2.45, 2.75) is 43.0 Å². The van der Waals surface area contributed by atoms with E-state index in [1.165, 1.54) is 0 Å². The van der Waals surface area contributed by atoms with Crippen LogP contribution in [0, 0.1) is 0 Å². The molecule has 0 aliphatic rings. The van der Waals surface area contributed by atoms with E-state index in [4.69, 9.17) is 4.55 Å². The number of rotatable bonds is 4. The molecule has 13 heteroatoms. The van der Waals surface area contributed by atoms with Gasteiger partial charge in [0.05, 0.1) is 6.33 Å². The second-order valence-electron chi connectivity index (χ2n) is 4.39. The van der Waals surface area contributed by atoms with Crippen LogP contribution in [-0.4, -0.2) is 45.7 Å². The molecule has 1 aromatic rings. The van der Waals surface area contributed by atoms with E-state index in [2.05, 4.69) is 9.97 Å². The van der Waals surface area contributed by atoms with Gasteiger partial charge in [-0.2, -0.15) is 30.4 Å². The molecule has 0 bridgehead atoms. The zero-order valence-corrected chi connectivity index (χ0v) is 12.5. The molecule has 2 atom stereocenters. The van der Waals surface area contributed by atoms with Gasteiger partial charge in [0.25, 0.3) is 5.67 Å². The van der Waals surface area contributed by atoms with Crippen LogP contribution in [0.3, 0.4) is 0 Å². The van der Waals surface area contributed by atoms with Crippen LogP contribution in [0.2, 0.25) is 0 Å². The largest absolute Gasteiger partial charge is 0.428 e. The molecule has 5 nitrogen and oxygen atoms in total. The summed E-state index contributed by atoms with van der Waals surface area (Å²) in [4.78, 5) is 6.42. The van der Waals surface area contributed by atoms with Crippen LogP contribution in [0.1, 0.15) is 20.3 Å². The first-order chi connectivity index (χ1) is 10.1. The second-order valence-corrected chi connectivity index (χ2v) is 5.99. The summed E-state index contributed by atoms with van der Waals surface area (Å²) in [5, 5.41) is -5.08. The third-order valence-electron chi connectivity index (χ3n) is 2.86. The standard InChI is InChI=1S/C7H9F7O3S.C3H4N2/c1-3-5(9,18(15,16)17)6(10,11)4(2,8)7(12,13)14;1-2-5-3-4-1/h3H2,1-2H3,(H,15,16,17);1-3H,(H,4,5). The average molecular weight is 374 g/mol. The lowest BCUT2D eigenvalue weighted by Crippen LogP contribution is -2.65. The summed E-state index contributed by atoms with van der Waals surface area (Å²) >= 11 is 0. The van der Waals surface area contributed by atoms with E-state index < -0.39 is 46.2 Å². The molecule has 0 spiro atoms. The van der Waals surface area contributed by atoms with E-state index >= 15 is 0 Å². The fourth-order valence-corrected chi connectivity index (χ4v) is 2.19. The summed E-state index contributed by atoms with van der Waals surface area (Å²) in [6.07, 6.45) is -2.91. The van der Waals surface area contributed by atoms with E-state index in [1.807, 2.05) is 0 Å². The quantitative estimate of drug-likeness (QED) is 0.626. The van der Waals surface area contributed by atoms with Crippen molar-refractivity contribution in [1.82, 2.24) is 9.97 Å². The lowest BCUT2D eigenvalue weighted by atomic mass is 9.93. The van der Waals surface area contributed by atoms with Crippen molar-refractivity contribution >= 4 is 10.1 Å². The number of hydrogen-bond acceptors (Lipinski definition) is 3. The summed E-state index contributed by atoms with van der Waals surface area (Å²) in [6.45, 7) is -0.281. The third-order valence-corrected chi connectivity index (χ3v) is 4.22. The number of nitrogens with one attached hydrogen (secondary N) is 1. The van der Waals surface area contributed by atoms with Gasteiger partial charge in [-0.3, -0.25) is 4.55 Å².